The van der Waals surface area contributed by atoms with Gasteiger partial charge in [0.25, 0.3) is 0 Å². The van der Waals surface area contributed by atoms with Crippen molar-refractivity contribution < 1.29 is 18.3 Å². The zero-order chi connectivity index (χ0) is 12.1. The van der Waals surface area contributed by atoms with Gasteiger partial charge in [0.2, 0.25) is 0 Å². The molecule has 0 aliphatic carbocycles. The first-order valence-electron chi connectivity index (χ1n) is 4.58. The smallest absolute Gasteiger partial charge is 0.325 e. The van der Waals surface area contributed by atoms with Gasteiger partial charge in [0, 0.05) is 4.47 Å². The molecule has 0 spiro atoms. The number of esters is 1. The highest BCUT2D eigenvalue weighted by Crippen LogP contribution is 2.23. The van der Waals surface area contributed by atoms with Crippen molar-refractivity contribution >= 4 is 27.6 Å². The average molecular weight is 294 g/mol. The Kier molecular flexibility index (Phi) is 4.67. The van der Waals surface area contributed by atoms with E-state index in [-0.39, 0.29) is 18.8 Å². The van der Waals surface area contributed by atoms with Gasteiger partial charge in [0.05, 0.1) is 6.61 Å². The Labute approximate surface area is 99.9 Å². The van der Waals surface area contributed by atoms with Gasteiger partial charge in [-0.05, 0) is 19.1 Å². The second-order valence-electron chi connectivity index (χ2n) is 2.90. The van der Waals surface area contributed by atoms with Gasteiger partial charge in [-0.1, -0.05) is 15.9 Å². The van der Waals surface area contributed by atoms with E-state index in [1.54, 1.807) is 6.92 Å². The maximum Gasteiger partial charge on any atom is 0.325 e. The molecule has 16 heavy (non-hydrogen) atoms. The molecule has 0 aromatic heterocycles. The lowest BCUT2D eigenvalue weighted by molar-refractivity contribution is -0.140. The van der Waals surface area contributed by atoms with Crippen LogP contribution in [-0.2, 0) is 9.53 Å². The molecule has 0 aliphatic heterocycles. The number of carbonyl (C=O) groups is 1. The van der Waals surface area contributed by atoms with Crippen LogP contribution in [0.5, 0.6) is 0 Å². The minimum atomic E-state index is -0.767. The Morgan fingerprint density at radius 3 is 2.50 bits per heavy atom. The molecule has 0 radical (unpaired) electrons. The number of hydrogen-bond donors (Lipinski definition) is 1. The molecule has 0 saturated heterocycles. The number of hydrogen-bond acceptors (Lipinski definition) is 3. The fourth-order valence-corrected chi connectivity index (χ4v) is 1.49. The lowest BCUT2D eigenvalue weighted by Crippen LogP contribution is -2.18. The molecule has 0 aliphatic rings. The minimum absolute atomic E-state index is 0.228. The quantitative estimate of drug-likeness (QED) is 0.868. The summed E-state index contributed by atoms with van der Waals surface area (Å²) >= 11 is 2.95. The molecule has 0 saturated carbocycles. The monoisotopic (exact) mass is 293 g/mol. The predicted molar refractivity (Wildman–Crippen MR) is 59.2 cm³/mol. The maximum atomic E-state index is 13.3. The van der Waals surface area contributed by atoms with E-state index in [9.17, 15) is 13.6 Å². The first kappa shape index (κ1) is 12.9. The number of rotatable bonds is 4. The molecule has 0 heterocycles. The first-order valence-corrected chi connectivity index (χ1v) is 5.38. The Balaban J connectivity index is 2.70. The Morgan fingerprint density at radius 2 is 2.00 bits per heavy atom. The fourth-order valence-electron chi connectivity index (χ4n) is 1.08. The van der Waals surface area contributed by atoms with Crippen LogP contribution in [0.1, 0.15) is 6.92 Å². The number of anilines is 1. The van der Waals surface area contributed by atoms with Gasteiger partial charge in [-0.2, -0.15) is 0 Å². The summed E-state index contributed by atoms with van der Waals surface area (Å²) in [6.07, 6.45) is 0. The Hall–Kier alpha value is -1.17. The summed E-state index contributed by atoms with van der Waals surface area (Å²) in [7, 11) is 0. The van der Waals surface area contributed by atoms with Crippen LogP contribution in [0.25, 0.3) is 0 Å². The van der Waals surface area contributed by atoms with Crippen LogP contribution < -0.4 is 5.32 Å². The number of halogens is 3. The van der Waals surface area contributed by atoms with E-state index in [1.165, 1.54) is 0 Å². The molecule has 88 valence electrons. The van der Waals surface area contributed by atoms with Crippen LogP contribution in [0.2, 0.25) is 0 Å². The summed E-state index contributed by atoms with van der Waals surface area (Å²) in [5, 5.41) is 2.35. The number of ether oxygens (including phenoxy) is 1. The topological polar surface area (TPSA) is 38.3 Å². The molecule has 0 amide bonds. The summed E-state index contributed by atoms with van der Waals surface area (Å²) in [6, 6.07) is 2.22. The van der Waals surface area contributed by atoms with E-state index >= 15 is 0 Å². The minimum Gasteiger partial charge on any atom is -0.465 e. The number of carbonyl (C=O) groups excluding carboxylic acids is 1. The largest absolute Gasteiger partial charge is 0.465 e. The molecule has 0 bridgehead atoms. The summed E-state index contributed by atoms with van der Waals surface area (Å²) < 4.78 is 31.4. The molecule has 6 heteroatoms. The van der Waals surface area contributed by atoms with Crippen molar-refractivity contribution in [3.8, 4) is 0 Å². The van der Waals surface area contributed by atoms with Crippen LogP contribution in [-0.4, -0.2) is 19.1 Å². The van der Waals surface area contributed by atoms with Crippen molar-refractivity contribution in [2.24, 2.45) is 0 Å². The SMILES string of the molecule is CCOC(=O)CNc1c(F)cc(Br)cc1F. The third-order valence-corrected chi connectivity index (χ3v) is 2.18. The molecule has 0 atom stereocenters. The van der Waals surface area contributed by atoms with Crippen molar-refractivity contribution in [3.63, 3.8) is 0 Å². The lowest BCUT2D eigenvalue weighted by atomic mass is 10.3. The van der Waals surface area contributed by atoms with Crippen LogP contribution >= 0.6 is 15.9 Å². The van der Waals surface area contributed by atoms with E-state index in [0.717, 1.165) is 12.1 Å². The van der Waals surface area contributed by atoms with Gasteiger partial charge in [0.1, 0.15) is 23.9 Å². The summed E-state index contributed by atoms with van der Waals surface area (Å²) in [5.41, 5.74) is -0.337. The Bertz CT molecular complexity index is 375. The maximum absolute atomic E-state index is 13.3. The van der Waals surface area contributed by atoms with Gasteiger partial charge in [-0.25, -0.2) is 8.78 Å². The van der Waals surface area contributed by atoms with Crippen LogP contribution in [0, 0.1) is 11.6 Å². The highest BCUT2D eigenvalue weighted by molar-refractivity contribution is 9.10. The van der Waals surface area contributed by atoms with Crippen molar-refractivity contribution in [1.82, 2.24) is 0 Å². The van der Waals surface area contributed by atoms with Crippen molar-refractivity contribution in [1.29, 1.82) is 0 Å². The summed E-state index contributed by atoms with van der Waals surface area (Å²) in [4.78, 5) is 11.0. The summed E-state index contributed by atoms with van der Waals surface area (Å²) in [5.74, 6) is -2.10. The molecular formula is C10H10BrF2NO2. The zero-order valence-electron chi connectivity index (χ0n) is 8.52. The van der Waals surface area contributed by atoms with Crippen LogP contribution in [0.15, 0.2) is 16.6 Å². The van der Waals surface area contributed by atoms with Crippen molar-refractivity contribution in [2.45, 2.75) is 6.92 Å². The second-order valence-corrected chi connectivity index (χ2v) is 3.82. The van der Waals surface area contributed by atoms with Crippen molar-refractivity contribution in [3.05, 3.63) is 28.2 Å². The standard InChI is InChI=1S/C10H10BrF2NO2/c1-2-16-9(15)5-14-10-7(12)3-6(11)4-8(10)13/h3-4,14H,2,5H2,1H3. The third-order valence-electron chi connectivity index (χ3n) is 1.72. The second kappa shape index (κ2) is 5.79. The van der Waals surface area contributed by atoms with E-state index < -0.39 is 17.6 Å². The van der Waals surface area contributed by atoms with Gasteiger partial charge in [0.15, 0.2) is 0 Å². The molecule has 1 aromatic carbocycles. The molecule has 0 fully saturated rings. The Morgan fingerprint density at radius 1 is 1.44 bits per heavy atom. The normalized spacial score (nSPS) is 10.0. The zero-order valence-corrected chi connectivity index (χ0v) is 10.1. The molecule has 1 aromatic rings. The fraction of sp³-hybridized carbons (Fsp3) is 0.300. The lowest BCUT2D eigenvalue weighted by Gasteiger charge is -2.08. The number of nitrogens with one attached hydrogen (secondary N) is 1. The van der Waals surface area contributed by atoms with Gasteiger partial charge in [-0.15, -0.1) is 0 Å². The van der Waals surface area contributed by atoms with E-state index in [2.05, 4.69) is 26.0 Å². The predicted octanol–water partition coefficient (Wildman–Crippen LogP) is 2.70. The molecular weight excluding hydrogens is 284 g/mol. The third kappa shape index (κ3) is 3.44. The van der Waals surface area contributed by atoms with E-state index in [4.69, 9.17) is 0 Å². The van der Waals surface area contributed by atoms with Crippen molar-refractivity contribution in [2.75, 3.05) is 18.5 Å². The molecule has 0 unspecified atom stereocenters. The van der Waals surface area contributed by atoms with Crippen LogP contribution in [0.4, 0.5) is 14.5 Å². The van der Waals surface area contributed by atoms with E-state index in [0.29, 0.717) is 4.47 Å². The van der Waals surface area contributed by atoms with Gasteiger partial charge in [-0.3, -0.25) is 4.79 Å². The highest BCUT2D eigenvalue weighted by Gasteiger charge is 2.11. The summed E-state index contributed by atoms with van der Waals surface area (Å²) in [6.45, 7) is 1.60. The number of benzene rings is 1. The highest BCUT2D eigenvalue weighted by atomic mass is 79.9. The average Bonchev–Trinajstić information content (AvgIpc) is 2.16. The van der Waals surface area contributed by atoms with Crippen LogP contribution in [0.3, 0.4) is 0 Å². The molecule has 1 rings (SSSR count). The van der Waals surface area contributed by atoms with Gasteiger partial charge >= 0.3 is 5.97 Å². The first-order chi connectivity index (χ1) is 7.54. The molecule has 3 nitrogen and oxygen atoms in total. The molecule has 1 N–H and O–H groups in total. The van der Waals surface area contributed by atoms with E-state index in [1.807, 2.05) is 0 Å². The van der Waals surface area contributed by atoms with Gasteiger partial charge < -0.3 is 10.1 Å².